The van der Waals surface area contributed by atoms with Crippen molar-refractivity contribution in [1.29, 1.82) is 0 Å². The van der Waals surface area contributed by atoms with Gasteiger partial charge in [-0.05, 0) is 24.1 Å². The molecule has 1 aromatic carbocycles. The molecular weight excluding hydrogens is 310 g/mol. The summed E-state index contributed by atoms with van der Waals surface area (Å²) in [5, 5.41) is 11.2. The van der Waals surface area contributed by atoms with Crippen LogP contribution in [0.1, 0.15) is 12.0 Å². The maximum absolute atomic E-state index is 11.6. The lowest BCUT2D eigenvalue weighted by Gasteiger charge is -2.14. The van der Waals surface area contributed by atoms with Gasteiger partial charge < -0.3 is 19.9 Å². The minimum Gasteiger partial charge on any atom is -0.497 e. The van der Waals surface area contributed by atoms with Crippen molar-refractivity contribution in [2.75, 3.05) is 19.1 Å². The Bertz CT molecular complexity index is 531. The largest absolute Gasteiger partial charge is 0.497 e. The van der Waals surface area contributed by atoms with Gasteiger partial charge in [0.25, 0.3) is 0 Å². The summed E-state index contributed by atoms with van der Waals surface area (Å²) in [4.78, 5) is 22.6. The minimum absolute atomic E-state index is 0.0157. The van der Waals surface area contributed by atoms with Gasteiger partial charge in [-0.25, -0.2) is 9.59 Å². The highest BCUT2D eigenvalue weighted by Crippen LogP contribution is 2.12. The Kier molecular flexibility index (Phi) is 7.38. The van der Waals surface area contributed by atoms with E-state index in [0.717, 1.165) is 5.56 Å². The van der Waals surface area contributed by atoms with Crippen molar-refractivity contribution in [2.24, 2.45) is 0 Å². The normalized spacial score (nSPS) is 13.0. The van der Waals surface area contributed by atoms with Gasteiger partial charge in [-0.1, -0.05) is 12.1 Å². The number of carbonyl (C=O) groups excluding carboxylic acids is 1. The zero-order chi connectivity index (χ0) is 16.5. The zero-order valence-corrected chi connectivity index (χ0v) is 13.2. The van der Waals surface area contributed by atoms with Crippen LogP contribution in [-0.4, -0.2) is 46.5 Å². The zero-order valence-electron chi connectivity index (χ0n) is 12.4. The number of carboxylic acid groups (broad SMARTS) is 1. The summed E-state index contributed by atoms with van der Waals surface area (Å²) in [5.41, 5.74) is 0.748. The molecule has 0 saturated carbocycles. The van der Waals surface area contributed by atoms with Crippen LogP contribution in [0.25, 0.3) is 0 Å². The summed E-state index contributed by atoms with van der Waals surface area (Å²) < 4.78 is 21.0. The number of alkyl carbamates (subject to hydrolysis) is 1. The monoisotopic (exact) mass is 329 g/mol. The molecule has 0 bridgehead atoms. The number of hydrogen-bond acceptors (Lipinski definition) is 5. The summed E-state index contributed by atoms with van der Waals surface area (Å²) in [5.74, 6) is -0.311. The van der Waals surface area contributed by atoms with Crippen LogP contribution in [0.2, 0.25) is 0 Å². The van der Waals surface area contributed by atoms with E-state index < -0.39 is 28.9 Å². The molecule has 1 aromatic rings. The third-order valence-electron chi connectivity index (χ3n) is 2.81. The summed E-state index contributed by atoms with van der Waals surface area (Å²) in [6, 6.07) is 5.81. The predicted octanol–water partition coefficient (Wildman–Crippen LogP) is 1.14. The number of carboxylic acids is 1. The van der Waals surface area contributed by atoms with Gasteiger partial charge in [-0.2, -0.15) is 0 Å². The first kappa shape index (κ1) is 18.0. The van der Waals surface area contributed by atoms with Crippen LogP contribution in [0.4, 0.5) is 4.79 Å². The van der Waals surface area contributed by atoms with Crippen molar-refractivity contribution in [3.63, 3.8) is 0 Å². The molecular formula is C14H19NO6S. The minimum atomic E-state index is -1.19. The summed E-state index contributed by atoms with van der Waals surface area (Å²) in [6.45, 7) is 0.0157. The van der Waals surface area contributed by atoms with Crippen molar-refractivity contribution in [3.8, 4) is 5.75 Å². The predicted molar refractivity (Wildman–Crippen MR) is 81.3 cm³/mol. The van der Waals surface area contributed by atoms with E-state index in [9.17, 15) is 13.8 Å². The molecule has 122 valence electrons. The maximum atomic E-state index is 11.6. The van der Waals surface area contributed by atoms with E-state index in [1.807, 2.05) is 0 Å². The molecule has 0 aliphatic carbocycles. The standard InChI is InChI=1S/C14H19NO6S/c1-20-11-5-3-10(4-6-11)9-21-14(18)15-12(13(16)17)7-8-22(2)19/h3-6,12H,7-9H2,1-2H3,(H,15,18)(H,16,17)/t12-,22-/m1/s1. The molecule has 0 heterocycles. The molecule has 1 rings (SSSR count). The van der Waals surface area contributed by atoms with E-state index in [1.54, 1.807) is 31.4 Å². The topological polar surface area (TPSA) is 102 Å². The molecule has 1 amide bonds. The van der Waals surface area contributed by atoms with Crippen LogP contribution in [-0.2, 0) is 26.9 Å². The molecule has 2 atom stereocenters. The first-order valence-electron chi connectivity index (χ1n) is 6.51. The molecule has 8 heteroatoms. The van der Waals surface area contributed by atoms with Crippen molar-refractivity contribution in [1.82, 2.24) is 5.32 Å². The highest BCUT2D eigenvalue weighted by atomic mass is 32.2. The number of hydrogen-bond donors (Lipinski definition) is 2. The Morgan fingerprint density at radius 2 is 1.95 bits per heavy atom. The number of carbonyl (C=O) groups is 2. The number of amides is 1. The summed E-state index contributed by atoms with van der Waals surface area (Å²) in [7, 11) is 0.428. The molecule has 0 spiro atoms. The van der Waals surface area contributed by atoms with E-state index in [0.29, 0.717) is 5.75 Å². The fourth-order valence-corrected chi connectivity index (χ4v) is 2.16. The van der Waals surface area contributed by atoms with Gasteiger partial charge in [0.1, 0.15) is 18.4 Å². The number of ether oxygens (including phenoxy) is 2. The Hall–Kier alpha value is -2.09. The SMILES string of the molecule is COc1ccc(COC(=O)N[C@H](CC[S@@](C)=O)C(=O)O)cc1. The average Bonchev–Trinajstić information content (AvgIpc) is 2.49. The third kappa shape index (κ3) is 6.57. The Balaban J connectivity index is 2.45. The summed E-state index contributed by atoms with van der Waals surface area (Å²) in [6.07, 6.45) is 0.724. The second-order valence-electron chi connectivity index (χ2n) is 4.53. The van der Waals surface area contributed by atoms with Crippen LogP contribution in [0.5, 0.6) is 5.75 Å². The lowest BCUT2D eigenvalue weighted by Crippen LogP contribution is -2.41. The lowest BCUT2D eigenvalue weighted by atomic mass is 10.2. The first-order valence-corrected chi connectivity index (χ1v) is 8.24. The Labute approximate surface area is 131 Å². The molecule has 0 unspecified atom stereocenters. The van der Waals surface area contributed by atoms with Gasteiger partial charge in [-0.3, -0.25) is 4.21 Å². The van der Waals surface area contributed by atoms with Gasteiger partial charge >= 0.3 is 12.1 Å². The molecule has 0 aliphatic heterocycles. The maximum Gasteiger partial charge on any atom is 0.408 e. The van der Waals surface area contributed by atoms with E-state index in [-0.39, 0.29) is 18.8 Å². The second-order valence-corrected chi connectivity index (χ2v) is 6.08. The molecule has 2 N–H and O–H groups in total. The van der Waals surface area contributed by atoms with Crippen molar-refractivity contribution in [2.45, 2.75) is 19.1 Å². The molecule has 7 nitrogen and oxygen atoms in total. The molecule has 0 radical (unpaired) electrons. The van der Waals surface area contributed by atoms with Crippen LogP contribution >= 0.6 is 0 Å². The van der Waals surface area contributed by atoms with Gasteiger partial charge in [0, 0.05) is 22.8 Å². The number of nitrogens with one attached hydrogen (secondary N) is 1. The number of methoxy groups -OCH3 is 1. The second kappa shape index (κ2) is 9.04. The smallest absolute Gasteiger partial charge is 0.408 e. The summed E-state index contributed by atoms with van der Waals surface area (Å²) >= 11 is 0. The van der Waals surface area contributed by atoms with Gasteiger partial charge in [0.2, 0.25) is 0 Å². The van der Waals surface area contributed by atoms with Crippen molar-refractivity contribution >= 4 is 22.9 Å². The van der Waals surface area contributed by atoms with Crippen LogP contribution < -0.4 is 10.1 Å². The Morgan fingerprint density at radius 1 is 1.32 bits per heavy atom. The Morgan fingerprint density at radius 3 is 2.45 bits per heavy atom. The molecule has 0 aliphatic rings. The molecule has 0 aromatic heterocycles. The number of rotatable bonds is 8. The quantitative estimate of drug-likeness (QED) is 0.741. The molecule has 22 heavy (non-hydrogen) atoms. The van der Waals surface area contributed by atoms with E-state index in [4.69, 9.17) is 14.6 Å². The highest BCUT2D eigenvalue weighted by molar-refractivity contribution is 7.84. The van der Waals surface area contributed by atoms with Crippen molar-refractivity contribution in [3.05, 3.63) is 29.8 Å². The van der Waals surface area contributed by atoms with Gasteiger partial charge in [0.15, 0.2) is 0 Å². The number of aliphatic carboxylic acids is 1. The van der Waals surface area contributed by atoms with Crippen LogP contribution in [0, 0.1) is 0 Å². The third-order valence-corrected chi connectivity index (χ3v) is 3.62. The van der Waals surface area contributed by atoms with Crippen LogP contribution in [0.3, 0.4) is 0 Å². The van der Waals surface area contributed by atoms with E-state index in [1.165, 1.54) is 6.26 Å². The number of benzene rings is 1. The lowest BCUT2D eigenvalue weighted by molar-refractivity contribution is -0.139. The van der Waals surface area contributed by atoms with Crippen LogP contribution in [0.15, 0.2) is 24.3 Å². The molecule has 0 saturated heterocycles. The fourth-order valence-electron chi connectivity index (χ4n) is 1.60. The highest BCUT2D eigenvalue weighted by Gasteiger charge is 2.20. The molecule has 0 fully saturated rings. The van der Waals surface area contributed by atoms with Crippen molar-refractivity contribution < 1.29 is 28.4 Å². The van der Waals surface area contributed by atoms with E-state index in [2.05, 4.69) is 5.32 Å². The van der Waals surface area contributed by atoms with Gasteiger partial charge in [-0.15, -0.1) is 0 Å². The fraction of sp³-hybridized carbons (Fsp3) is 0.429. The first-order chi connectivity index (χ1) is 10.4. The van der Waals surface area contributed by atoms with E-state index >= 15 is 0 Å². The van der Waals surface area contributed by atoms with Gasteiger partial charge in [0.05, 0.1) is 7.11 Å². The average molecular weight is 329 g/mol.